The van der Waals surface area contributed by atoms with Crippen molar-refractivity contribution in [2.24, 2.45) is 0 Å². The molecule has 2 aliphatic rings. The van der Waals surface area contributed by atoms with E-state index in [0.29, 0.717) is 18.1 Å². The summed E-state index contributed by atoms with van der Waals surface area (Å²) < 4.78 is 1.22. The Morgan fingerprint density at radius 2 is 2.14 bits per heavy atom. The Labute approximate surface area is 137 Å². The second-order valence-corrected chi connectivity index (χ2v) is 7.20. The van der Waals surface area contributed by atoms with Gasteiger partial charge in [-0.3, -0.25) is 4.79 Å². The van der Waals surface area contributed by atoms with Crippen LogP contribution in [0.5, 0.6) is 0 Å². The van der Waals surface area contributed by atoms with Gasteiger partial charge in [-0.25, -0.2) is 0 Å². The minimum Gasteiger partial charge on any atom is -0.348 e. The first-order chi connectivity index (χ1) is 10.2. The summed E-state index contributed by atoms with van der Waals surface area (Å²) in [7, 11) is 0. The molecule has 0 aliphatic carbocycles. The molecule has 0 unspecified atom stereocenters. The molecule has 2 saturated heterocycles. The molecule has 0 radical (unpaired) electrons. The number of hydrogen-bond acceptors (Lipinski definition) is 2. The Morgan fingerprint density at radius 3 is 2.90 bits per heavy atom. The Balaban J connectivity index is 1.57. The lowest BCUT2D eigenvalue weighted by Gasteiger charge is -2.21. The van der Waals surface area contributed by atoms with E-state index >= 15 is 0 Å². The average molecular weight is 392 g/mol. The predicted molar refractivity (Wildman–Crippen MR) is 92.5 cm³/mol. The maximum atomic E-state index is 12.5. The summed E-state index contributed by atoms with van der Waals surface area (Å²) in [6.45, 7) is 0. The molecule has 0 saturated carbocycles. The van der Waals surface area contributed by atoms with Crippen molar-refractivity contribution in [2.45, 2.75) is 37.4 Å². The highest BCUT2D eigenvalue weighted by Crippen LogP contribution is 2.28. The van der Waals surface area contributed by atoms with Crippen LogP contribution in [0.2, 0.25) is 0 Å². The zero-order chi connectivity index (χ0) is 14.4. The van der Waals surface area contributed by atoms with Gasteiger partial charge in [-0.1, -0.05) is 18.2 Å². The van der Waals surface area contributed by atoms with Crippen LogP contribution in [0.15, 0.2) is 36.4 Å². The van der Waals surface area contributed by atoms with E-state index in [4.69, 9.17) is 0 Å². The molecular formula is C17H17IN2O. The molecule has 2 aromatic rings. The second-order valence-electron chi connectivity index (χ2n) is 6.04. The number of fused-ring (bicyclic) bond motifs is 3. The second kappa shape index (κ2) is 5.25. The Hall–Kier alpha value is -1.14. The van der Waals surface area contributed by atoms with Crippen LogP contribution >= 0.6 is 22.6 Å². The van der Waals surface area contributed by atoms with Crippen LogP contribution < -0.4 is 10.6 Å². The highest BCUT2D eigenvalue weighted by molar-refractivity contribution is 14.1. The van der Waals surface area contributed by atoms with Gasteiger partial charge in [0.15, 0.2) is 0 Å². The summed E-state index contributed by atoms with van der Waals surface area (Å²) in [5.74, 6) is 0.0510. The molecule has 1 amide bonds. The number of hydrogen-bond donors (Lipinski definition) is 2. The first kappa shape index (κ1) is 13.5. The third-order valence-corrected chi connectivity index (χ3v) is 5.65. The number of rotatable bonds is 2. The van der Waals surface area contributed by atoms with E-state index in [1.807, 2.05) is 24.3 Å². The number of halogens is 1. The van der Waals surface area contributed by atoms with E-state index in [2.05, 4.69) is 45.4 Å². The van der Waals surface area contributed by atoms with Crippen molar-refractivity contribution in [3.05, 3.63) is 45.5 Å². The van der Waals surface area contributed by atoms with E-state index in [0.717, 1.165) is 17.4 Å². The van der Waals surface area contributed by atoms with Gasteiger partial charge in [-0.05, 0) is 70.8 Å². The first-order valence-electron chi connectivity index (χ1n) is 7.46. The van der Waals surface area contributed by atoms with Crippen molar-refractivity contribution in [3.8, 4) is 0 Å². The lowest BCUT2D eigenvalue weighted by molar-refractivity contribution is 0.0931. The van der Waals surface area contributed by atoms with Gasteiger partial charge < -0.3 is 10.6 Å². The molecule has 2 N–H and O–H groups in total. The maximum absolute atomic E-state index is 12.5. The van der Waals surface area contributed by atoms with Crippen LogP contribution in [-0.4, -0.2) is 24.0 Å². The van der Waals surface area contributed by atoms with Crippen molar-refractivity contribution in [1.82, 2.24) is 10.6 Å². The zero-order valence-corrected chi connectivity index (χ0v) is 13.8. The fraction of sp³-hybridized carbons (Fsp3) is 0.353. The fourth-order valence-electron chi connectivity index (χ4n) is 3.62. The normalized spacial score (nSPS) is 27.2. The summed E-state index contributed by atoms with van der Waals surface area (Å²) in [5, 5.41) is 9.09. The van der Waals surface area contributed by atoms with Crippen molar-refractivity contribution >= 4 is 39.3 Å². The molecule has 0 spiro atoms. The van der Waals surface area contributed by atoms with E-state index in [-0.39, 0.29) is 5.91 Å². The summed E-state index contributed by atoms with van der Waals surface area (Å²) in [5.41, 5.74) is 0.757. The largest absolute Gasteiger partial charge is 0.348 e. The number of benzene rings is 2. The van der Waals surface area contributed by atoms with Gasteiger partial charge in [0.1, 0.15) is 0 Å². The van der Waals surface area contributed by atoms with E-state index in [9.17, 15) is 4.79 Å². The van der Waals surface area contributed by atoms with Crippen LogP contribution in [-0.2, 0) is 0 Å². The molecule has 4 rings (SSSR count). The number of amides is 1. The Bertz CT molecular complexity index is 715. The molecule has 0 aromatic heterocycles. The molecule has 4 heteroatoms. The molecule has 21 heavy (non-hydrogen) atoms. The maximum Gasteiger partial charge on any atom is 0.251 e. The lowest BCUT2D eigenvalue weighted by atomic mass is 9.95. The molecule has 3 atom stereocenters. The van der Waals surface area contributed by atoms with E-state index < -0.39 is 0 Å². The quantitative estimate of drug-likeness (QED) is 0.772. The van der Waals surface area contributed by atoms with Crippen LogP contribution in [0.25, 0.3) is 10.8 Å². The van der Waals surface area contributed by atoms with Gasteiger partial charge in [-0.15, -0.1) is 0 Å². The smallest absolute Gasteiger partial charge is 0.251 e. The summed E-state index contributed by atoms with van der Waals surface area (Å²) in [6.07, 6.45) is 3.51. The van der Waals surface area contributed by atoms with E-state index in [1.54, 1.807) is 0 Å². The number of carbonyl (C=O) groups is 1. The van der Waals surface area contributed by atoms with Gasteiger partial charge in [0.25, 0.3) is 5.91 Å². The van der Waals surface area contributed by atoms with Crippen LogP contribution in [0, 0.1) is 3.57 Å². The highest BCUT2D eigenvalue weighted by Gasteiger charge is 2.39. The fourth-order valence-corrected chi connectivity index (χ4v) is 4.32. The Morgan fingerprint density at radius 1 is 1.24 bits per heavy atom. The molecule has 2 fully saturated rings. The highest BCUT2D eigenvalue weighted by atomic mass is 127. The first-order valence-corrected chi connectivity index (χ1v) is 8.54. The number of carbonyl (C=O) groups excluding carboxylic acids is 1. The van der Waals surface area contributed by atoms with Gasteiger partial charge in [0, 0.05) is 27.3 Å². The molecule has 2 heterocycles. The van der Waals surface area contributed by atoms with Gasteiger partial charge in [-0.2, -0.15) is 0 Å². The SMILES string of the molecule is O=C(N[C@@H]1C[C@H]2CC[C@@H]1N2)c1ccc2c(I)cccc2c1. The van der Waals surface area contributed by atoms with Crippen molar-refractivity contribution < 1.29 is 4.79 Å². The van der Waals surface area contributed by atoms with Gasteiger partial charge >= 0.3 is 0 Å². The summed E-state index contributed by atoms with van der Waals surface area (Å²) >= 11 is 2.33. The van der Waals surface area contributed by atoms with Crippen LogP contribution in [0.1, 0.15) is 29.6 Å². The molecule has 2 aromatic carbocycles. The molecule has 2 bridgehead atoms. The monoisotopic (exact) mass is 392 g/mol. The van der Waals surface area contributed by atoms with E-state index in [1.165, 1.54) is 21.8 Å². The van der Waals surface area contributed by atoms with Crippen LogP contribution in [0.4, 0.5) is 0 Å². The zero-order valence-electron chi connectivity index (χ0n) is 11.6. The molecule has 2 aliphatic heterocycles. The standard InChI is InChI=1S/C17H17IN2O/c18-14-3-1-2-10-8-11(4-6-13(10)14)17(21)20-16-9-12-5-7-15(16)19-12/h1-4,6,8,12,15-16,19H,5,7,9H2,(H,20,21)/t12-,15+,16-/m1/s1. The third kappa shape index (κ3) is 2.44. The minimum absolute atomic E-state index is 0.0510. The number of nitrogens with one attached hydrogen (secondary N) is 2. The summed E-state index contributed by atoms with van der Waals surface area (Å²) in [6, 6.07) is 13.5. The molecule has 108 valence electrons. The Kier molecular flexibility index (Phi) is 3.38. The predicted octanol–water partition coefficient (Wildman–Crippen LogP) is 3.07. The third-order valence-electron chi connectivity index (χ3n) is 4.71. The summed E-state index contributed by atoms with van der Waals surface area (Å²) in [4.78, 5) is 12.5. The molecule has 3 nitrogen and oxygen atoms in total. The van der Waals surface area contributed by atoms with Crippen molar-refractivity contribution in [2.75, 3.05) is 0 Å². The minimum atomic E-state index is 0.0510. The van der Waals surface area contributed by atoms with Crippen molar-refractivity contribution in [1.29, 1.82) is 0 Å². The van der Waals surface area contributed by atoms with Crippen LogP contribution in [0.3, 0.4) is 0 Å². The van der Waals surface area contributed by atoms with Crippen molar-refractivity contribution in [3.63, 3.8) is 0 Å². The lowest BCUT2D eigenvalue weighted by Crippen LogP contribution is -2.42. The van der Waals surface area contributed by atoms with Gasteiger partial charge in [0.2, 0.25) is 0 Å². The van der Waals surface area contributed by atoms with Gasteiger partial charge in [0.05, 0.1) is 0 Å². The topological polar surface area (TPSA) is 41.1 Å². The average Bonchev–Trinajstić information content (AvgIpc) is 3.09. The molecular weight excluding hydrogens is 375 g/mol.